The van der Waals surface area contributed by atoms with Gasteiger partial charge >= 0.3 is 12.3 Å². The third-order valence-corrected chi connectivity index (χ3v) is 2.48. The Labute approximate surface area is 121 Å². The zero-order valence-corrected chi connectivity index (χ0v) is 10.7. The first-order chi connectivity index (χ1) is 10.3. The van der Waals surface area contributed by atoms with E-state index in [1.807, 2.05) is 0 Å². The fourth-order valence-corrected chi connectivity index (χ4v) is 1.60. The van der Waals surface area contributed by atoms with E-state index in [1.54, 1.807) is 0 Å². The second-order valence-electron chi connectivity index (χ2n) is 4.01. The predicted molar refractivity (Wildman–Crippen MR) is 66.8 cm³/mol. The number of halogens is 3. The zero-order valence-electron chi connectivity index (χ0n) is 10.7. The second kappa shape index (κ2) is 5.80. The van der Waals surface area contributed by atoms with Gasteiger partial charge in [0.2, 0.25) is 5.76 Å². The van der Waals surface area contributed by atoms with Gasteiger partial charge in [-0.15, -0.1) is 0 Å². The van der Waals surface area contributed by atoms with Gasteiger partial charge in [-0.2, -0.15) is 13.2 Å². The van der Waals surface area contributed by atoms with E-state index in [-0.39, 0.29) is 11.4 Å². The van der Waals surface area contributed by atoms with Gasteiger partial charge in [0.15, 0.2) is 5.75 Å². The Morgan fingerprint density at radius 3 is 2.59 bits per heavy atom. The number of anilines is 1. The molecule has 6 nitrogen and oxygen atoms in total. The lowest BCUT2D eigenvalue weighted by Gasteiger charge is -2.09. The first-order valence-corrected chi connectivity index (χ1v) is 5.74. The van der Waals surface area contributed by atoms with Crippen LogP contribution in [0.3, 0.4) is 0 Å². The number of carbonyl (C=O) groups is 2. The number of furan rings is 1. The highest BCUT2D eigenvalue weighted by molar-refractivity contribution is 6.04. The van der Waals surface area contributed by atoms with E-state index in [0.717, 1.165) is 30.5 Å². The Bertz CT molecular complexity index is 708. The van der Waals surface area contributed by atoms with Crippen molar-refractivity contribution >= 4 is 17.7 Å². The van der Waals surface area contributed by atoms with E-state index in [2.05, 4.69) is 10.1 Å². The Morgan fingerprint density at radius 2 is 1.95 bits per heavy atom. The van der Waals surface area contributed by atoms with Crippen LogP contribution in [0.2, 0.25) is 0 Å². The van der Waals surface area contributed by atoms with E-state index in [0.29, 0.717) is 0 Å². The molecule has 0 fully saturated rings. The van der Waals surface area contributed by atoms with Crippen LogP contribution in [0.15, 0.2) is 41.0 Å². The van der Waals surface area contributed by atoms with Gasteiger partial charge in [-0.3, -0.25) is 4.79 Å². The molecule has 0 bridgehead atoms. The third kappa shape index (κ3) is 3.57. The van der Waals surface area contributed by atoms with Crippen molar-refractivity contribution in [2.24, 2.45) is 0 Å². The molecule has 9 heteroatoms. The summed E-state index contributed by atoms with van der Waals surface area (Å²) in [5.41, 5.74) is -1.07. The van der Waals surface area contributed by atoms with Crippen molar-refractivity contribution in [1.29, 1.82) is 0 Å². The van der Waals surface area contributed by atoms with Gasteiger partial charge < -0.3 is 19.6 Å². The molecule has 0 aliphatic rings. The van der Waals surface area contributed by atoms with Crippen molar-refractivity contribution in [3.63, 3.8) is 0 Å². The Hall–Kier alpha value is -2.97. The molecule has 1 amide bonds. The van der Waals surface area contributed by atoms with Crippen LogP contribution in [-0.2, 0) is 6.18 Å². The van der Waals surface area contributed by atoms with Gasteiger partial charge in [-0.1, -0.05) is 6.07 Å². The van der Waals surface area contributed by atoms with Crippen molar-refractivity contribution < 1.29 is 37.0 Å². The first kappa shape index (κ1) is 15.4. The van der Waals surface area contributed by atoms with Crippen LogP contribution >= 0.6 is 0 Å². The standard InChI is InChI=1S/C13H8F3NO5/c14-13(15,16)7-2-1-3-8(6-7)17-11(18)10-9(4-5-21-10)22-12(19)20/h1-6H,(H,17,18)(H,19,20). The smallest absolute Gasteiger partial charge is 0.455 e. The summed E-state index contributed by atoms with van der Waals surface area (Å²) in [5.74, 6) is -1.78. The number of amides is 1. The molecule has 22 heavy (non-hydrogen) atoms. The molecule has 0 unspecified atom stereocenters. The van der Waals surface area contributed by atoms with Crippen molar-refractivity contribution in [1.82, 2.24) is 0 Å². The van der Waals surface area contributed by atoms with E-state index < -0.39 is 29.6 Å². The highest BCUT2D eigenvalue weighted by atomic mass is 19.4. The molecule has 0 spiro atoms. The monoisotopic (exact) mass is 315 g/mol. The SMILES string of the molecule is O=C(O)Oc1ccoc1C(=O)Nc1cccc(C(F)(F)F)c1. The number of alkyl halides is 3. The average Bonchev–Trinajstić information content (AvgIpc) is 2.85. The summed E-state index contributed by atoms with van der Waals surface area (Å²) in [7, 11) is 0. The minimum Gasteiger partial charge on any atom is -0.455 e. The van der Waals surface area contributed by atoms with Crippen LogP contribution in [0.5, 0.6) is 5.75 Å². The average molecular weight is 315 g/mol. The predicted octanol–water partition coefficient (Wildman–Crippen LogP) is 3.61. The molecule has 2 rings (SSSR count). The normalized spacial score (nSPS) is 11.0. The van der Waals surface area contributed by atoms with Crippen LogP contribution in [0.1, 0.15) is 16.1 Å². The molecule has 0 aliphatic carbocycles. The summed E-state index contributed by atoms with van der Waals surface area (Å²) < 4.78 is 46.8. The van der Waals surface area contributed by atoms with Crippen LogP contribution in [-0.4, -0.2) is 17.2 Å². The lowest BCUT2D eigenvalue weighted by Crippen LogP contribution is -2.14. The van der Waals surface area contributed by atoms with E-state index in [1.165, 1.54) is 6.07 Å². The minimum absolute atomic E-state index is 0.127. The largest absolute Gasteiger partial charge is 0.511 e. The van der Waals surface area contributed by atoms with Crippen molar-refractivity contribution in [3.8, 4) is 5.75 Å². The second-order valence-corrected chi connectivity index (χ2v) is 4.01. The minimum atomic E-state index is -4.55. The molecule has 0 saturated heterocycles. The molecule has 1 heterocycles. The zero-order chi connectivity index (χ0) is 16.3. The number of nitrogens with one attached hydrogen (secondary N) is 1. The fraction of sp³-hybridized carbons (Fsp3) is 0.0769. The number of benzene rings is 1. The van der Waals surface area contributed by atoms with Crippen LogP contribution in [0.25, 0.3) is 0 Å². The van der Waals surface area contributed by atoms with E-state index in [4.69, 9.17) is 9.52 Å². The van der Waals surface area contributed by atoms with Gasteiger partial charge in [-0.25, -0.2) is 4.79 Å². The van der Waals surface area contributed by atoms with Crippen LogP contribution < -0.4 is 10.1 Å². The maximum absolute atomic E-state index is 12.6. The molecular weight excluding hydrogens is 307 g/mol. The van der Waals surface area contributed by atoms with E-state index in [9.17, 15) is 22.8 Å². The van der Waals surface area contributed by atoms with Crippen LogP contribution in [0.4, 0.5) is 23.7 Å². The summed E-state index contributed by atoms with van der Waals surface area (Å²) in [6, 6.07) is 5.04. The van der Waals surface area contributed by atoms with Gasteiger partial charge in [0, 0.05) is 11.8 Å². The number of carbonyl (C=O) groups excluding carboxylic acids is 1. The van der Waals surface area contributed by atoms with Crippen molar-refractivity contribution in [2.75, 3.05) is 5.32 Å². The molecule has 116 valence electrons. The number of ether oxygens (including phenoxy) is 1. The summed E-state index contributed by atoms with van der Waals surface area (Å²) >= 11 is 0. The maximum Gasteiger partial charge on any atom is 0.511 e. The van der Waals surface area contributed by atoms with Crippen molar-refractivity contribution in [3.05, 3.63) is 47.9 Å². The Morgan fingerprint density at radius 1 is 1.23 bits per heavy atom. The summed E-state index contributed by atoms with van der Waals surface area (Å²) in [6.45, 7) is 0. The summed E-state index contributed by atoms with van der Waals surface area (Å²) in [5, 5.41) is 10.7. The van der Waals surface area contributed by atoms with Gasteiger partial charge in [0.1, 0.15) is 0 Å². The Kier molecular flexibility index (Phi) is 4.06. The van der Waals surface area contributed by atoms with Gasteiger partial charge in [-0.05, 0) is 18.2 Å². The molecule has 2 N–H and O–H groups in total. The van der Waals surface area contributed by atoms with E-state index >= 15 is 0 Å². The third-order valence-electron chi connectivity index (χ3n) is 2.48. The Balaban J connectivity index is 2.19. The molecule has 0 saturated carbocycles. The van der Waals surface area contributed by atoms with Crippen molar-refractivity contribution in [2.45, 2.75) is 6.18 Å². The molecule has 1 aromatic carbocycles. The fourth-order valence-electron chi connectivity index (χ4n) is 1.60. The number of carboxylic acid groups (broad SMARTS) is 1. The molecule has 0 atom stereocenters. The molecule has 2 aromatic rings. The molecular formula is C13H8F3NO5. The highest BCUT2D eigenvalue weighted by Crippen LogP contribution is 2.31. The van der Waals surface area contributed by atoms with Crippen LogP contribution in [0, 0.1) is 0 Å². The summed E-state index contributed by atoms with van der Waals surface area (Å²) in [4.78, 5) is 22.3. The molecule has 0 radical (unpaired) electrons. The summed E-state index contributed by atoms with van der Waals surface area (Å²) in [6.07, 6.45) is -5.20. The molecule has 0 aliphatic heterocycles. The van der Waals surface area contributed by atoms with Gasteiger partial charge in [0.25, 0.3) is 5.91 Å². The number of hydrogen-bond donors (Lipinski definition) is 2. The maximum atomic E-state index is 12.6. The lowest BCUT2D eigenvalue weighted by molar-refractivity contribution is -0.137. The molecule has 1 aromatic heterocycles. The number of rotatable bonds is 3. The lowest BCUT2D eigenvalue weighted by atomic mass is 10.2. The first-order valence-electron chi connectivity index (χ1n) is 5.74. The highest BCUT2D eigenvalue weighted by Gasteiger charge is 2.30. The number of hydrogen-bond acceptors (Lipinski definition) is 4. The topological polar surface area (TPSA) is 88.8 Å². The quantitative estimate of drug-likeness (QED) is 0.845. The van der Waals surface area contributed by atoms with Gasteiger partial charge in [0.05, 0.1) is 11.8 Å².